The second-order valence-corrected chi connectivity index (χ2v) is 9.15. The Morgan fingerprint density at radius 2 is 1.57 bits per heavy atom. The molecule has 156 valence electrons. The highest BCUT2D eigenvalue weighted by Gasteiger charge is 2.27. The summed E-state index contributed by atoms with van der Waals surface area (Å²) in [7, 11) is -3.27. The van der Waals surface area contributed by atoms with Crippen LogP contribution in [0.25, 0.3) is 0 Å². The zero-order valence-corrected chi connectivity index (χ0v) is 19.5. The number of benzene rings is 3. The molecule has 0 spiro atoms. The van der Waals surface area contributed by atoms with Gasteiger partial charge in [0.05, 0.1) is 24.0 Å². The van der Waals surface area contributed by atoms with Crippen LogP contribution in [-0.4, -0.2) is 26.0 Å². The molecule has 0 aromatic heterocycles. The van der Waals surface area contributed by atoms with Crippen molar-refractivity contribution in [3.05, 3.63) is 81.2 Å². The van der Waals surface area contributed by atoms with Gasteiger partial charge in [0.25, 0.3) is 5.91 Å². The largest absolute Gasteiger partial charge is 0.497 e. The lowest BCUT2D eigenvalue weighted by molar-refractivity contribution is 0.102. The van der Waals surface area contributed by atoms with Crippen molar-refractivity contribution in [2.45, 2.75) is 0 Å². The van der Waals surface area contributed by atoms with Crippen molar-refractivity contribution in [2.24, 2.45) is 0 Å². The van der Waals surface area contributed by atoms with Gasteiger partial charge in [-0.3, -0.25) is 9.35 Å². The summed E-state index contributed by atoms with van der Waals surface area (Å²) in [5.74, 6) is -0.0335. The molecule has 3 aromatic rings. The molecule has 0 atom stereocenters. The summed E-state index contributed by atoms with van der Waals surface area (Å²) >= 11 is 6.63. The molecule has 3 rings (SSSR count). The summed E-state index contributed by atoms with van der Waals surface area (Å²) < 4.78 is 41.6. The van der Waals surface area contributed by atoms with E-state index in [0.29, 0.717) is 20.2 Å². The molecule has 0 aliphatic rings. The van der Waals surface area contributed by atoms with Gasteiger partial charge < -0.3 is 10.1 Å². The highest BCUT2D eigenvalue weighted by Crippen LogP contribution is 2.34. The van der Waals surface area contributed by atoms with Crippen molar-refractivity contribution in [3.8, 4) is 5.75 Å². The zero-order chi connectivity index (χ0) is 21.9. The van der Waals surface area contributed by atoms with Crippen LogP contribution in [0.15, 0.2) is 75.7 Å². The van der Waals surface area contributed by atoms with Crippen LogP contribution >= 0.6 is 31.9 Å². The van der Waals surface area contributed by atoms with Crippen LogP contribution in [0.5, 0.6) is 5.75 Å². The van der Waals surface area contributed by atoms with E-state index < -0.39 is 16.2 Å². The van der Waals surface area contributed by atoms with Crippen LogP contribution < -0.4 is 14.4 Å². The molecular formula is C20H16Br2N2O5S. The lowest BCUT2D eigenvalue weighted by atomic mass is 10.1. The first-order chi connectivity index (χ1) is 14.2. The fourth-order valence-electron chi connectivity index (χ4n) is 2.71. The predicted molar refractivity (Wildman–Crippen MR) is 123 cm³/mol. The second kappa shape index (κ2) is 9.17. The van der Waals surface area contributed by atoms with E-state index in [9.17, 15) is 17.8 Å². The maximum absolute atomic E-state index is 13.0. The first-order valence-electron chi connectivity index (χ1n) is 8.47. The summed E-state index contributed by atoms with van der Waals surface area (Å²) in [5.41, 5.74) is 0.691. The number of anilines is 3. The van der Waals surface area contributed by atoms with Crippen molar-refractivity contribution in [1.29, 1.82) is 0 Å². The molecule has 10 heteroatoms. The Balaban J connectivity index is 2.08. The van der Waals surface area contributed by atoms with Crippen LogP contribution in [0, 0.1) is 0 Å². The number of ether oxygens (including phenoxy) is 1. The number of carbonyl (C=O) groups is 1. The monoisotopic (exact) mass is 554 g/mol. The number of hydrogen-bond donors (Lipinski definition) is 2. The smallest absolute Gasteiger partial charge is 0.364 e. The topological polar surface area (TPSA) is 95.9 Å². The molecule has 0 bridgehead atoms. The highest BCUT2D eigenvalue weighted by molar-refractivity contribution is 9.10. The first-order valence-corrected chi connectivity index (χ1v) is 11.5. The van der Waals surface area contributed by atoms with E-state index in [1.54, 1.807) is 42.5 Å². The van der Waals surface area contributed by atoms with Crippen LogP contribution in [0.4, 0.5) is 17.1 Å². The Kier molecular flexibility index (Phi) is 6.81. The molecule has 0 radical (unpaired) electrons. The molecule has 2 N–H and O–H groups in total. The van der Waals surface area contributed by atoms with Gasteiger partial charge in [0.1, 0.15) is 5.75 Å². The van der Waals surface area contributed by atoms with Crippen molar-refractivity contribution in [1.82, 2.24) is 0 Å². The molecule has 0 aliphatic carbocycles. The van der Waals surface area contributed by atoms with Crippen LogP contribution in [0.3, 0.4) is 0 Å². The Labute approximate surface area is 190 Å². The minimum absolute atomic E-state index is 0.0134. The summed E-state index contributed by atoms with van der Waals surface area (Å²) in [6, 6.07) is 17.4. The quantitative estimate of drug-likeness (QED) is 0.396. The Hall–Kier alpha value is -2.40. The van der Waals surface area contributed by atoms with Gasteiger partial charge in [-0.1, -0.05) is 31.9 Å². The third kappa shape index (κ3) is 5.20. The molecule has 30 heavy (non-hydrogen) atoms. The Morgan fingerprint density at radius 1 is 0.967 bits per heavy atom. The summed E-state index contributed by atoms with van der Waals surface area (Å²) in [6.07, 6.45) is 0. The number of amides is 1. The highest BCUT2D eigenvalue weighted by atomic mass is 79.9. The fourth-order valence-corrected chi connectivity index (χ4v) is 4.13. The number of carbonyl (C=O) groups excluding carboxylic acids is 1. The van der Waals surface area contributed by atoms with Gasteiger partial charge >= 0.3 is 10.3 Å². The maximum atomic E-state index is 13.0. The molecule has 0 saturated carbocycles. The molecule has 1 amide bonds. The lowest BCUT2D eigenvalue weighted by Gasteiger charge is -2.23. The molecule has 7 nitrogen and oxygen atoms in total. The van der Waals surface area contributed by atoms with Gasteiger partial charge in [-0.25, -0.2) is 4.31 Å². The van der Waals surface area contributed by atoms with Crippen LogP contribution in [-0.2, 0) is 10.3 Å². The normalized spacial score (nSPS) is 11.1. The van der Waals surface area contributed by atoms with E-state index in [2.05, 4.69) is 37.2 Å². The number of nitrogens with one attached hydrogen (secondary N) is 1. The first kappa shape index (κ1) is 22.3. The molecule has 0 fully saturated rings. The Morgan fingerprint density at radius 3 is 2.13 bits per heavy atom. The van der Waals surface area contributed by atoms with E-state index in [-0.39, 0.29) is 16.9 Å². The number of halogens is 2. The lowest BCUT2D eigenvalue weighted by Crippen LogP contribution is -2.28. The van der Waals surface area contributed by atoms with E-state index in [0.717, 1.165) is 4.47 Å². The van der Waals surface area contributed by atoms with Gasteiger partial charge in [0.15, 0.2) is 0 Å². The molecular weight excluding hydrogens is 540 g/mol. The number of hydrogen-bond acceptors (Lipinski definition) is 4. The minimum atomic E-state index is -4.75. The maximum Gasteiger partial charge on any atom is 0.364 e. The molecule has 3 aromatic carbocycles. The van der Waals surface area contributed by atoms with Crippen molar-refractivity contribution < 1.29 is 22.5 Å². The van der Waals surface area contributed by atoms with Gasteiger partial charge in [0, 0.05) is 14.6 Å². The van der Waals surface area contributed by atoms with E-state index in [1.807, 2.05) is 0 Å². The second-order valence-electron chi connectivity index (χ2n) is 6.06. The zero-order valence-electron chi connectivity index (χ0n) is 15.5. The van der Waals surface area contributed by atoms with E-state index >= 15 is 0 Å². The molecule has 0 heterocycles. The number of rotatable bonds is 6. The third-order valence-electron chi connectivity index (χ3n) is 4.06. The summed E-state index contributed by atoms with van der Waals surface area (Å²) in [5, 5.41) is 2.73. The Bertz CT molecular complexity index is 1170. The van der Waals surface area contributed by atoms with Gasteiger partial charge in [0.2, 0.25) is 0 Å². The molecule has 0 saturated heterocycles. The third-order valence-corrected chi connectivity index (χ3v) is 5.95. The molecule has 0 unspecified atom stereocenters. The fraction of sp³-hybridized carbons (Fsp3) is 0.0500. The predicted octanol–water partition coefficient (Wildman–Crippen LogP) is 5.41. The average molecular weight is 556 g/mol. The van der Waals surface area contributed by atoms with E-state index in [4.69, 9.17) is 4.74 Å². The number of methoxy groups -OCH3 is 1. The van der Waals surface area contributed by atoms with Gasteiger partial charge in [-0.15, -0.1) is 0 Å². The van der Waals surface area contributed by atoms with Crippen LogP contribution in [0.2, 0.25) is 0 Å². The summed E-state index contributed by atoms with van der Waals surface area (Å²) in [4.78, 5) is 13.0. The standard InChI is InChI=1S/C20H16Br2N2O5S/c1-29-17-9-7-16(8-10-17)24(30(26,27)28)19-11-4-14(22)12-18(19)20(25)23-15-5-2-13(21)3-6-15/h2-12H,1H3,(H,23,25)(H,26,27,28). The van der Waals surface area contributed by atoms with Crippen molar-refractivity contribution in [3.63, 3.8) is 0 Å². The molecule has 0 aliphatic heterocycles. The summed E-state index contributed by atoms with van der Waals surface area (Å²) in [6.45, 7) is 0. The minimum Gasteiger partial charge on any atom is -0.497 e. The van der Waals surface area contributed by atoms with Crippen LogP contribution in [0.1, 0.15) is 10.4 Å². The van der Waals surface area contributed by atoms with E-state index in [1.165, 1.54) is 31.4 Å². The van der Waals surface area contributed by atoms with Crippen molar-refractivity contribution >= 4 is 65.1 Å². The van der Waals surface area contributed by atoms with Gasteiger partial charge in [-0.05, 0) is 66.7 Å². The number of nitrogens with zero attached hydrogens (tertiary/aromatic N) is 1. The van der Waals surface area contributed by atoms with Crippen molar-refractivity contribution in [2.75, 3.05) is 16.7 Å². The van der Waals surface area contributed by atoms with Gasteiger partial charge in [-0.2, -0.15) is 8.42 Å². The average Bonchev–Trinajstić information content (AvgIpc) is 2.70. The SMILES string of the molecule is COc1ccc(N(c2ccc(Br)cc2C(=O)Nc2ccc(Br)cc2)S(=O)(=O)O)cc1.